The summed E-state index contributed by atoms with van der Waals surface area (Å²) in [6.07, 6.45) is 7.79. The molecule has 1 aliphatic rings. The number of phenolic OH excluding ortho intramolecular Hbond substituents is 1. The van der Waals surface area contributed by atoms with Gasteiger partial charge in [0.15, 0.2) is 11.7 Å². The standard InChI is InChI=1S/C26H20N4O2/c31-21-13-10-18(11-14-21)9-12-20-17-30-25(24(28-20)22-8-4-5-15-27-22)29-23(26(30)32)16-19-6-2-1-3-7-19/h1-15,17,23,31H,16H2/p+1. The summed E-state index contributed by atoms with van der Waals surface area (Å²) < 4.78 is 1.64. The molecule has 3 heterocycles. The van der Waals surface area contributed by atoms with E-state index in [1.165, 1.54) is 0 Å². The van der Waals surface area contributed by atoms with Gasteiger partial charge in [-0.3, -0.25) is 10.3 Å². The van der Waals surface area contributed by atoms with E-state index >= 15 is 0 Å². The molecular weight excluding hydrogens is 400 g/mol. The monoisotopic (exact) mass is 421 g/mol. The topological polar surface area (TPSA) is 79.0 Å². The highest BCUT2D eigenvalue weighted by molar-refractivity contribution is 5.86. The summed E-state index contributed by atoms with van der Waals surface area (Å²) >= 11 is 0. The zero-order chi connectivity index (χ0) is 21.9. The molecule has 0 fully saturated rings. The van der Waals surface area contributed by atoms with Gasteiger partial charge in [-0.25, -0.2) is 9.78 Å². The lowest BCUT2D eigenvalue weighted by atomic mass is 10.1. The van der Waals surface area contributed by atoms with Crippen LogP contribution in [0.2, 0.25) is 0 Å². The Labute approximate surface area is 185 Å². The lowest BCUT2D eigenvalue weighted by Crippen LogP contribution is -2.44. The summed E-state index contributed by atoms with van der Waals surface area (Å²) in [6, 6.07) is 22.1. The highest BCUT2D eigenvalue weighted by Gasteiger charge is 2.41. The van der Waals surface area contributed by atoms with Gasteiger partial charge in [-0.05, 0) is 41.5 Å². The van der Waals surface area contributed by atoms with Gasteiger partial charge in [-0.15, -0.1) is 0 Å². The minimum Gasteiger partial charge on any atom is -0.508 e. The molecule has 32 heavy (non-hydrogen) atoms. The zero-order valence-electron chi connectivity index (χ0n) is 17.2. The molecule has 156 valence electrons. The number of benzene rings is 2. The van der Waals surface area contributed by atoms with Crippen molar-refractivity contribution in [2.24, 2.45) is 0 Å². The molecule has 0 radical (unpaired) electrons. The van der Waals surface area contributed by atoms with Crippen molar-refractivity contribution < 1.29 is 14.5 Å². The Morgan fingerprint density at radius 2 is 1.75 bits per heavy atom. The molecule has 4 aromatic rings. The summed E-state index contributed by atoms with van der Waals surface area (Å²) in [7, 11) is 0. The summed E-state index contributed by atoms with van der Waals surface area (Å²) in [6.45, 7) is 0. The Balaban J connectivity index is 1.53. The largest absolute Gasteiger partial charge is 0.508 e. The molecule has 6 nitrogen and oxygen atoms in total. The number of fused-ring (bicyclic) bond motifs is 1. The number of aromatic hydroxyl groups is 1. The fraction of sp³-hybridized carbons (Fsp3) is 0.0769. The minimum absolute atomic E-state index is 0.0253. The fourth-order valence-electron chi connectivity index (χ4n) is 3.75. The van der Waals surface area contributed by atoms with Crippen LogP contribution >= 0.6 is 0 Å². The predicted octanol–water partition coefficient (Wildman–Crippen LogP) is 3.98. The van der Waals surface area contributed by atoms with Gasteiger partial charge in [0.1, 0.15) is 17.6 Å². The number of anilines is 1. The van der Waals surface area contributed by atoms with Crippen molar-refractivity contribution in [2.45, 2.75) is 12.5 Å². The highest BCUT2D eigenvalue weighted by Crippen LogP contribution is 2.26. The van der Waals surface area contributed by atoms with Gasteiger partial charge >= 0.3 is 11.7 Å². The molecule has 0 amide bonds. The Morgan fingerprint density at radius 1 is 0.969 bits per heavy atom. The second-order valence-corrected chi connectivity index (χ2v) is 7.60. The van der Waals surface area contributed by atoms with Crippen molar-refractivity contribution in [1.82, 2.24) is 9.97 Å². The molecule has 0 saturated carbocycles. The van der Waals surface area contributed by atoms with E-state index in [-0.39, 0.29) is 17.7 Å². The molecule has 1 unspecified atom stereocenters. The van der Waals surface area contributed by atoms with Gasteiger partial charge in [0.05, 0.1) is 5.69 Å². The average Bonchev–Trinajstić information content (AvgIpc) is 3.14. The zero-order valence-corrected chi connectivity index (χ0v) is 17.2. The van der Waals surface area contributed by atoms with Crippen molar-refractivity contribution in [3.63, 3.8) is 0 Å². The first-order chi connectivity index (χ1) is 15.7. The second-order valence-electron chi connectivity index (χ2n) is 7.60. The number of carbonyl (C=O) groups excluding carboxylic acids is 1. The maximum absolute atomic E-state index is 13.2. The number of rotatable bonds is 5. The molecule has 0 aliphatic carbocycles. The highest BCUT2D eigenvalue weighted by atomic mass is 16.3. The minimum atomic E-state index is -0.377. The maximum Gasteiger partial charge on any atom is 0.359 e. The van der Waals surface area contributed by atoms with Crippen LogP contribution in [0.15, 0.2) is 85.2 Å². The van der Waals surface area contributed by atoms with Crippen LogP contribution in [0.5, 0.6) is 5.75 Å². The number of hydrogen-bond donors (Lipinski definition) is 2. The van der Waals surface area contributed by atoms with E-state index in [0.717, 1.165) is 11.1 Å². The van der Waals surface area contributed by atoms with Crippen LogP contribution in [-0.2, 0) is 6.42 Å². The van der Waals surface area contributed by atoms with Gasteiger partial charge < -0.3 is 5.11 Å². The van der Waals surface area contributed by atoms with Crippen LogP contribution in [0.4, 0.5) is 5.82 Å². The third-order valence-corrected chi connectivity index (χ3v) is 5.34. The van der Waals surface area contributed by atoms with Crippen LogP contribution < -0.4 is 9.88 Å². The molecule has 2 aromatic carbocycles. The molecule has 2 aromatic heterocycles. The van der Waals surface area contributed by atoms with Crippen LogP contribution in [-0.4, -0.2) is 27.0 Å². The molecule has 2 N–H and O–H groups in total. The van der Waals surface area contributed by atoms with Gasteiger partial charge in [0, 0.05) is 12.6 Å². The molecule has 6 heteroatoms. The lowest BCUT2D eigenvalue weighted by Gasteiger charge is -2.04. The Morgan fingerprint density at radius 3 is 2.50 bits per heavy atom. The van der Waals surface area contributed by atoms with E-state index < -0.39 is 0 Å². The van der Waals surface area contributed by atoms with Crippen molar-refractivity contribution >= 4 is 23.9 Å². The van der Waals surface area contributed by atoms with Crippen molar-refractivity contribution in [3.05, 3.63) is 102 Å². The first kappa shape index (κ1) is 19.6. The van der Waals surface area contributed by atoms with Gasteiger partial charge in [-0.1, -0.05) is 54.6 Å². The Bertz CT molecular complexity index is 1290. The number of phenols is 1. The molecule has 0 spiro atoms. The predicted molar refractivity (Wildman–Crippen MR) is 123 cm³/mol. The van der Waals surface area contributed by atoms with Crippen LogP contribution in [0, 0.1) is 0 Å². The van der Waals surface area contributed by atoms with E-state index in [1.807, 2.05) is 72.8 Å². The number of aromatic nitrogens is 3. The summed E-state index contributed by atoms with van der Waals surface area (Å²) in [5.41, 5.74) is 3.96. The quantitative estimate of drug-likeness (QED) is 0.477. The third-order valence-electron chi connectivity index (χ3n) is 5.34. The molecule has 5 rings (SSSR count). The van der Waals surface area contributed by atoms with Crippen LogP contribution in [0.1, 0.15) is 21.6 Å². The molecule has 0 saturated heterocycles. The lowest BCUT2D eigenvalue weighted by molar-refractivity contribution is -0.552. The number of carbonyl (C=O) groups is 1. The maximum atomic E-state index is 13.2. The van der Waals surface area contributed by atoms with E-state index in [1.54, 1.807) is 29.1 Å². The van der Waals surface area contributed by atoms with E-state index in [2.05, 4.69) is 10.3 Å². The first-order valence-electron chi connectivity index (χ1n) is 10.4. The summed E-state index contributed by atoms with van der Waals surface area (Å²) in [5.74, 6) is 0.839. The smallest absolute Gasteiger partial charge is 0.359 e. The molecule has 0 bridgehead atoms. The van der Waals surface area contributed by atoms with Gasteiger partial charge in [0.2, 0.25) is 0 Å². The summed E-state index contributed by atoms with van der Waals surface area (Å²) in [4.78, 5) is 22.5. The van der Waals surface area contributed by atoms with E-state index in [9.17, 15) is 9.90 Å². The molecule has 1 atom stereocenters. The van der Waals surface area contributed by atoms with Crippen LogP contribution in [0.3, 0.4) is 0 Å². The molecule has 1 aliphatic heterocycles. The van der Waals surface area contributed by atoms with Gasteiger partial charge in [-0.2, -0.15) is 4.57 Å². The Hall–Kier alpha value is -4.32. The van der Waals surface area contributed by atoms with E-state index in [4.69, 9.17) is 4.98 Å². The van der Waals surface area contributed by atoms with Crippen molar-refractivity contribution in [2.75, 3.05) is 5.32 Å². The number of nitrogens with zero attached hydrogens (tertiary/aromatic N) is 3. The number of nitrogens with one attached hydrogen (secondary N) is 1. The summed E-state index contributed by atoms with van der Waals surface area (Å²) in [5, 5.41) is 12.8. The third kappa shape index (κ3) is 3.98. The SMILES string of the molecule is O=C1C(Cc2ccccc2)Nc2c(-c3ccccn3)nc(C=Cc3ccc(O)cc3)c[n+]21. The Kier molecular flexibility index (Phi) is 5.17. The first-order valence-corrected chi connectivity index (χ1v) is 10.4. The van der Waals surface area contributed by atoms with Crippen LogP contribution in [0.25, 0.3) is 23.5 Å². The number of pyridine rings is 1. The molecular formula is C26H21N4O2+. The van der Waals surface area contributed by atoms with Gasteiger partial charge in [0.25, 0.3) is 0 Å². The fourth-order valence-corrected chi connectivity index (χ4v) is 3.75. The second kappa shape index (κ2) is 8.43. The normalized spacial score (nSPS) is 15.0. The average molecular weight is 421 g/mol. The van der Waals surface area contributed by atoms with Crippen molar-refractivity contribution in [3.8, 4) is 17.1 Å². The van der Waals surface area contributed by atoms with E-state index in [0.29, 0.717) is 29.3 Å². The number of hydrogen-bond acceptors (Lipinski definition) is 5. The van der Waals surface area contributed by atoms with Crippen molar-refractivity contribution in [1.29, 1.82) is 0 Å².